The van der Waals surface area contributed by atoms with Gasteiger partial charge in [0.25, 0.3) is 5.91 Å². The molecule has 0 unspecified atom stereocenters. The van der Waals surface area contributed by atoms with Crippen LogP contribution >= 0.6 is 27.7 Å². The molecule has 1 N–H and O–H groups in total. The number of para-hydroxylation sites is 1. The second-order valence-corrected chi connectivity index (χ2v) is 6.00. The van der Waals surface area contributed by atoms with Gasteiger partial charge in [0.1, 0.15) is 0 Å². The molecule has 98 valence electrons. The maximum absolute atomic E-state index is 12.1. The van der Waals surface area contributed by atoms with Gasteiger partial charge in [0, 0.05) is 21.8 Å². The minimum atomic E-state index is -0.155. The molecule has 1 amide bonds. The average Bonchev–Trinajstić information content (AvgIpc) is 2.41. The molecule has 2 aromatic rings. The third-order valence-corrected chi connectivity index (χ3v) is 3.79. The van der Waals surface area contributed by atoms with Crippen molar-refractivity contribution in [3.05, 3.63) is 52.8 Å². The largest absolute Gasteiger partial charge is 0.321 e. The summed E-state index contributed by atoms with van der Waals surface area (Å²) in [6.45, 7) is 2.08. The number of nitrogens with zero attached hydrogens (tertiary/aromatic N) is 1. The molecule has 0 aliphatic carbocycles. The molecule has 0 atom stereocenters. The summed E-state index contributed by atoms with van der Waals surface area (Å²) in [7, 11) is 0. The lowest BCUT2D eigenvalue weighted by molar-refractivity contribution is 0.102. The number of benzene rings is 1. The molecule has 0 saturated heterocycles. The Morgan fingerprint density at radius 2 is 2.16 bits per heavy atom. The molecule has 0 radical (unpaired) electrons. The molecule has 19 heavy (non-hydrogen) atoms. The van der Waals surface area contributed by atoms with Crippen LogP contribution in [0.4, 0.5) is 5.69 Å². The number of halogens is 1. The van der Waals surface area contributed by atoms with E-state index in [2.05, 4.69) is 33.2 Å². The Morgan fingerprint density at radius 3 is 2.89 bits per heavy atom. The lowest BCUT2D eigenvalue weighted by Crippen LogP contribution is -2.12. The summed E-state index contributed by atoms with van der Waals surface area (Å²) in [5.74, 6) is 0.809. The van der Waals surface area contributed by atoms with Crippen LogP contribution in [0.1, 0.15) is 17.3 Å². The highest BCUT2D eigenvalue weighted by Gasteiger charge is 2.09. The first-order chi connectivity index (χ1) is 9.20. The monoisotopic (exact) mass is 336 g/mol. The Kier molecular flexibility index (Phi) is 4.99. The maximum atomic E-state index is 12.1. The smallest absolute Gasteiger partial charge is 0.257 e. The van der Waals surface area contributed by atoms with E-state index < -0.39 is 0 Å². The number of hydrogen-bond acceptors (Lipinski definition) is 3. The van der Waals surface area contributed by atoms with Crippen molar-refractivity contribution in [2.45, 2.75) is 11.8 Å². The molecule has 2 rings (SSSR count). The van der Waals surface area contributed by atoms with Crippen molar-refractivity contribution in [3.8, 4) is 0 Å². The molecular formula is C14H13BrN2OS. The van der Waals surface area contributed by atoms with Crippen LogP contribution in [-0.4, -0.2) is 16.6 Å². The molecule has 0 aliphatic heterocycles. The molecule has 1 aromatic heterocycles. The number of rotatable bonds is 4. The van der Waals surface area contributed by atoms with Crippen molar-refractivity contribution in [1.29, 1.82) is 0 Å². The van der Waals surface area contributed by atoms with Gasteiger partial charge in [-0.15, -0.1) is 11.8 Å². The van der Waals surface area contributed by atoms with Gasteiger partial charge in [-0.2, -0.15) is 0 Å². The number of hydrogen-bond donors (Lipinski definition) is 1. The van der Waals surface area contributed by atoms with E-state index in [1.165, 1.54) is 0 Å². The van der Waals surface area contributed by atoms with Crippen LogP contribution in [0.25, 0.3) is 0 Å². The fourth-order valence-corrected chi connectivity index (χ4v) is 2.71. The van der Waals surface area contributed by atoms with Crippen LogP contribution in [-0.2, 0) is 0 Å². The van der Waals surface area contributed by atoms with Crippen molar-refractivity contribution < 1.29 is 4.79 Å². The predicted octanol–water partition coefficient (Wildman–Crippen LogP) is 4.21. The molecule has 0 spiro atoms. The first kappa shape index (κ1) is 14.1. The summed E-state index contributed by atoms with van der Waals surface area (Å²) < 4.78 is 0.788. The minimum absolute atomic E-state index is 0.155. The Labute approximate surface area is 125 Å². The average molecular weight is 337 g/mol. The van der Waals surface area contributed by atoms with Crippen molar-refractivity contribution in [3.63, 3.8) is 0 Å². The standard InChI is InChI=1S/C14H13BrN2OS/c1-2-19-13-6-4-3-5-12(13)17-14(18)10-7-11(15)9-16-8-10/h3-9H,2H2,1H3,(H,17,18). The molecule has 1 aromatic carbocycles. The second-order valence-electron chi connectivity index (χ2n) is 3.78. The third kappa shape index (κ3) is 3.81. The first-order valence-corrected chi connectivity index (χ1v) is 7.62. The number of carbonyl (C=O) groups excluding carboxylic acids is 1. The number of amides is 1. The summed E-state index contributed by atoms with van der Waals surface area (Å²) in [6, 6.07) is 9.53. The molecule has 1 heterocycles. The van der Waals surface area contributed by atoms with Gasteiger partial charge >= 0.3 is 0 Å². The molecule has 0 bridgehead atoms. The predicted molar refractivity (Wildman–Crippen MR) is 82.7 cm³/mol. The van der Waals surface area contributed by atoms with Crippen molar-refractivity contribution in [2.24, 2.45) is 0 Å². The second kappa shape index (κ2) is 6.73. The van der Waals surface area contributed by atoms with Crippen molar-refractivity contribution in [1.82, 2.24) is 4.98 Å². The zero-order valence-electron chi connectivity index (χ0n) is 10.4. The normalized spacial score (nSPS) is 10.2. The molecule has 0 aliphatic rings. The van der Waals surface area contributed by atoms with E-state index in [1.54, 1.807) is 30.2 Å². The van der Waals surface area contributed by atoms with E-state index in [-0.39, 0.29) is 5.91 Å². The quantitative estimate of drug-likeness (QED) is 0.850. The number of pyridine rings is 1. The van der Waals surface area contributed by atoms with Gasteiger partial charge < -0.3 is 5.32 Å². The number of thioether (sulfide) groups is 1. The number of aromatic nitrogens is 1. The zero-order valence-corrected chi connectivity index (χ0v) is 12.8. The van der Waals surface area contributed by atoms with E-state index in [4.69, 9.17) is 0 Å². The van der Waals surface area contributed by atoms with E-state index >= 15 is 0 Å². The van der Waals surface area contributed by atoms with Gasteiger partial charge in [0.2, 0.25) is 0 Å². The van der Waals surface area contributed by atoms with Gasteiger partial charge in [-0.1, -0.05) is 19.1 Å². The molecule has 5 heteroatoms. The fraction of sp³-hybridized carbons (Fsp3) is 0.143. The summed E-state index contributed by atoms with van der Waals surface area (Å²) in [4.78, 5) is 17.2. The van der Waals surface area contributed by atoms with Crippen LogP contribution in [0.2, 0.25) is 0 Å². The first-order valence-electron chi connectivity index (χ1n) is 5.84. The zero-order chi connectivity index (χ0) is 13.7. The minimum Gasteiger partial charge on any atom is -0.321 e. The van der Waals surface area contributed by atoms with E-state index in [1.807, 2.05) is 24.3 Å². The van der Waals surface area contributed by atoms with Gasteiger partial charge in [-0.25, -0.2) is 0 Å². The maximum Gasteiger partial charge on any atom is 0.257 e. The number of nitrogens with one attached hydrogen (secondary N) is 1. The Balaban J connectivity index is 2.19. The number of anilines is 1. The SMILES string of the molecule is CCSc1ccccc1NC(=O)c1cncc(Br)c1. The van der Waals surface area contributed by atoms with Crippen LogP contribution < -0.4 is 5.32 Å². The molecular weight excluding hydrogens is 324 g/mol. The van der Waals surface area contributed by atoms with Gasteiger partial charge in [0.15, 0.2) is 0 Å². The summed E-state index contributed by atoms with van der Waals surface area (Å²) in [5.41, 5.74) is 1.37. The van der Waals surface area contributed by atoms with Gasteiger partial charge in [-0.3, -0.25) is 9.78 Å². The van der Waals surface area contributed by atoms with Crippen LogP contribution in [0.3, 0.4) is 0 Å². The summed E-state index contributed by atoms with van der Waals surface area (Å²) in [6.07, 6.45) is 3.20. The molecule has 0 saturated carbocycles. The third-order valence-electron chi connectivity index (χ3n) is 2.40. The topological polar surface area (TPSA) is 42.0 Å². The Bertz CT molecular complexity index is 589. The lowest BCUT2D eigenvalue weighted by atomic mass is 10.2. The summed E-state index contributed by atoms with van der Waals surface area (Å²) in [5, 5.41) is 2.92. The molecule has 0 fully saturated rings. The van der Waals surface area contributed by atoms with E-state index in [9.17, 15) is 4.79 Å². The van der Waals surface area contributed by atoms with Gasteiger partial charge in [0.05, 0.1) is 11.3 Å². The Morgan fingerprint density at radius 1 is 1.37 bits per heavy atom. The van der Waals surface area contributed by atoms with Crippen LogP contribution in [0.15, 0.2) is 52.1 Å². The van der Waals surface area contributed by atoms with Crippen molar-refractivity contribution in [2.75, 3.05) is 11.1 Å². The highest BCUT2D eigenvalue weighted by Crippen LogP contribution is 2.27. The van der Waals surface area contributed by atoms with Crippen molar-refractivity contribution >= 4 is 39.3 Å². The lowest BCUT2D eigenvalue weighted by Gasteiger charge is -2.09. The fourth-order valence-electron chi connectivity index (χ4n) is 1.58. The van der Waals surface area contributed by atoms with Gasteiger partial charge in [-0.05, 0) is 39.9 Å². The highest BCUT2D eigenvalue weighted by molar-refractivity contribution is 9.10. The molecule has 3 nitrogen and oxygen atoms in total. The van der Waals surface area contributed by atoms with E-state index in [0.29, 0.717) is 5.56 Å². The Hall–Kier alpha value is -1.33. The van der Waals surface area contributed by atoms with Crippen LogP contribution in [0, 0.1) is 0 Å². The highest BCUT2D eigenvalue weighted by atomic mass is 79.9. The van der Waals surface area contributed by atoms with Crippen LogP contribution in [0.5, 0.6) is 0 Å². The summed E-state index contributed by atoms with van der Waals surface area (Å²) >= 11 is 5.01. The number of carbonyl (C=O) groups is 1. The van der Waals surface area contributed by atoms with E-state index in [0.717, 1.165) is 20.8 Å².